The second kappa shape index (κ2) is 7.99. The molecule has 1 aromatic carbocycles. The van der Waals surface area contributed by atoms with Crippen LogP contribution in [0, 0.1) is 11.8 Å². The van der Waals surface area contributed by atoms with Crippen LogP contribution in [-0.2, 0) is 6.54 Å². The third kappa shape index (κ3) is 4.71. The molecular formula is C16H14BrNO2S. The predicted octanol–water partition coefficient (Wildman–Crippen LogP) is 3.17. The van der Waals surface area contributed by atoms with Crippen LogP contribution >= 0.6 is 27.3 Å². The normalized spacial score (nSPS) is 9.81. The van der Waals surface area contributed by atoms with Crippen molar-refractivity contribution in [1.29, 1.82) is 0 Å². The lowest BCUT2D eigenvalue weighted by molar-refractivity contribution is 0.0951. The van der Waals surface area contributed by atoms with Crippen molar-refractivity contribution >= 4 is 33.2 Å². The summed E-state index contributed by atoms with van der Waals surface area (Å²) in [5, 5.41) is 13.5. The first-order valence-electron chi connectivity index (χ1n) is 6.40. The average molecular weight is 364 g/mol. The first-order chi connectivity index (χ1) is 10.2. The zero-order valence-electron chi connectivity index (χ0n) is 11.2. The molecule has 0 saturated carbocycles. The van der Waals surface area contributed by atoms with Crippen molar-refractivity contribution < 1.29 is 9.90 Å². The Hall–Kier alpha value is -1.61. The SMILES string of the molecule is O=C(NCc1ccccc1C#CCCO)c1csc(Br)c1. The fourth-order valence-electron chi connectivity index (χ4n) is 1.72. The number of hydrogen-bond acceptors (Lipinski definition) is 3. The molecule has 5 heteroatoms. The van der Waals surface area contributed by atoms with Gasteiger partial charge in [-0.05, 0) is 33.6 Å². The molecule has 1 aromatic heterocycles. The van der Waals surface area contributed by atoms with E-state index in [2.05, 4.69) is 33.1 Å². The van der Waals surface area contributed by atoms with Gasteiger partial charge in [0.1, 0.15) is 0 Å². The van der Waals surface area contributed by atoms with Crippen molar-refractivity contribution in [3.05, 3.63) is 56.2 Å². The Morgan fingerprint density at radius 1 is 1.38 bits per heavy atom. The Bertz CT molecular complexity index is 685. The maximum atomic E-state index is 12.0. The van der Waals surface area contributed by atoms with Crippen LogP contribution < -0.4 is 5.32 Å². The van der Waals surface area contributed by atoms with Crippen LogP contribution in [0.3, 0.4) is 0 Å². The molecule has 0 bridgehead atoms. The Morgan fingerprint density at radius 2 is 2.19 bits per heavy atom. The molecule has 0 spiro atoms. The molecule has 2 aromatic rings. The van der Waals surface area contributed by atoms with Crippen molar-refractivity contribution in [2.45, 2.75) is 13.0 Å². The highest BCUT2D eigenvalue weighted by Crippen LogP contribution is 2.20. The Morgan fingerprint density at radius 3 is 2.90 bits per heavy atom. The third-order valence-corrected chi connectivity index (χ3v) is 4.25. The van der Waals surface area contributed by atoms with Crippen molar-refractivity contribution in [1.82, 2.24) is 5.32 Å². The van der Waals surface area contributed by atoms with E-state index in [1.165, 1.54) is 11.3 Å². The summed E-state index contributed by atoms with van der Waals surface area (Å²) in [6, 6.07) is 9.47. The number of hydrogen-bond donors (Lipinski definition) is 2. The van der Waals surface area contributed by atoms with Crippen LogP contribution in [-0.4, -0.2) is 17.6 Å². The molecule has 1 heterocycles. The van der Waals surface area contributed by atoms with Crippen LogP contribution in [0.1, 0.15) is 27.9 Å². The monoisotopic (exact) mass is 363 g/mol. The maximum absolute atomic E-state index is 12.0. The van der Waals surface area contributed by atoms with Gasteiger partial charge >= 0.3 is 0 Å². The van der Waals surface area contributed by atoms with Gasteiger partial charge in [0.2, 0.25) is 0 Å². The van der Waals surface area contributed by atoms with E-state index in [0.29, 0.717) is 18.5 Å². The Labute approximate surface area is 136 Å². The number of aliphatic hydroxyl groups excluding tert-OH is 1. The van der Waals surface area contributed by atoms with Crippen LogP contribution in [0.15, 0.2) is 39.5 Å². The lowest BCUT2D eigenvalue weighted by Crippen LogP contribution is -2.22. The number of carbonyl (C=O) groups is 1. The van der Waals surface area contributed by atoms with Gasteiger partial charge in [0.05, 0.1) is 16.0 Å². The minimum absolute atomic E-state index is 0.0545. The Balaban J connectivity index is 2.03. The number of nitrogens with one attached hydrogen (secondary N) is 1. The van der Waals surface area contributed by atoms with Crippen molar-refractivity contribution in [3.8, 4) is 11.8 Å². The van der Waals surface area contributed by atoms with Gasteiger partial charge in [-0.15, -0.1) is 11.3 Å². The number of benzene rings is 1. The van der Waals surface area contributed by atoms with Crippen LogP contribution in [0.5, 0.6) is 0 Å². The zero-order valence-corrected chi connectivity index (χ0v) is 13.6. The highest BCUT2D eigenvalue weighted by Gasteiger charge is 2.08. The molecular weight excluding hydrogens is 350 g/mol. The van der Waals surface area contributed by atoms with Crippen molar-refractivity contribution in [2.75, 3.05) is 6.61 Å². The molecule has 3 nitrogen and oxygen atoms in total. The van der Waals surface area contributed by atoms with E-state index < -0.39 is 0 Å². The molecule has 0 unspecified atom stereocenters. The van der Waals surface area contributed by atoms with Crippen molar-refractivity contribution in [2.24, 2.45) is 0 Å². The molecule has 0 saturated heterocycles. The van der Waals surface area contributed by atoms with Gasteiger partial charge in [-0.2, -0.15) is 0 Å². The molecule has 0 aliphatic heterocycles. The number of carbonyl (C=O) groups excluding carboxylic acids is 1. The molecule has 0 fully saturated rings. The molecule has 2 rings (SSSR count). The molecule has 0 atom stereocenters. The summed E-state index contributed by atoms with van der Waals surface area (Å²) >= 11 is 4.82. The van der Waals surface area contributed by atoms with E-state index in [1.54, 1.807) is 6.07 Å². The third-order valence-electron chi connectivity index (χ3n) is 2.75. The predicted molar refractivity (Wildman–Crippen MR) is 88.2 cm³/mol. The number of aliphatic hydroxyl groups is 1. The standard InChI is InChI=1S/C16H14BrNO2S/c17-15-9-14(11-21-15)16(20)18-10-13-7-2-1-5-12(13)6-3-4-8-19/h1-2,5,7,9,11,19H,4,8,10H2,(H,18,20). The second-order valence-corrected chi connectivity index (χ2v) is 6.55. The molecule has 0 aliphatic rings. The first kappa shape index (κ1) is 15.8. The number of amides is 1. The second-order valence-electron chi connectivity index (χ2n) is 4.25. The van der Waals surface area contributed by atoms with Gasteiger partial charge in [-0.1, -0.05) is 30.0 Å². The van der Waals surface area contributed by atoms with Crippen LogP contribution in [0.4, 0.5) is 0 Å². The summed E-state index contributed by atoms with van der Waals surface area (Å²) in [4.78, 5) is 12.0. The summed E-state index contributed by atoms with van der Waals surface area (Å²) in [7, 11) is 0. The molecule has 0 radical (unpaired) electrons. The van der Waals surface area contributed by atoms with E-state index in [-0.39, 0.29) is 12.5 Å². The quantitative estimate of drug-likeness (QED) is 0.819. The number of halogens is 1. The minimum atomic E-state index is -0.102. The summed E-state index contributed by atoms with van der Waals surface area (Å²) in [5.41, 5.74) is 2.49. The van der Waals surface area contributed by atoms with E-state index >= 15 is 0 Å². The first-order valence-corrected chi connectivity index (χ1v) is 8.08. The van der Waals surface area contributed by atoms with Gasteiger partial charge < -0.3 is 10.4 Å². The van der Waals surface area contributed by atoms with E-state index in [4.69, 9.17) is 5.11 Å². The lowest BCUT2D eigenvalue weighted by Gasteiger charge is -2.06. The van der Waals surface area contributed by atoms with E-state index in [9.17, 15) is 4.79 Å². The molecule has 1 amide bonds. The average Bonchev–Trinajstić information content (AvgIpc) is 2.93. The highest BCUT2D eigenvalue weighted by atomic mass is 79.9. The van der Waals surface area contributed by atoms with Gasteiger partial charge in [0.15, 0.2) is 0 Å². The summed E-state index contributed by atoms with van der Waals surface area (Å²) in [6.07, 6.45) is 0.448. The molecule has 0 aliphatic carbocycles. The molecule has 108 valence electrons. The van der Waals surface area contributed by atoms with E-state index in [1.807, 2.05) is 29.6 Å². The van der Waals surface area contributed by atoms with Crippen LogP contribution in [0.25, 0.3) is 0 Å². The fraction of sp³-hybridized carbons (Fsp3) is 0.188. The minimum Gasteiger partial charge on any atom is -0.395 e. The zero-order chi connectivity index (χ0) is 15.1. The smallest absolute Gasteiger partial charge is 0.252 e. The van der Waals surface area contributed by atoms with Crippen molar-refractivity contribution in [3.63, 3.8) is 0 Å². The maximum Gasteiger partial charge on any atom is 0.252 e. The summed E-state index contributed by atoms with van der Waals surface area (Å²) in [5.74, 6) is 5.81. The molecule has 2 N–H and O–H groups in total. The highest BCUT2D eigenvalue weighted by molar-refractivity contribution is 9.11. The van der Waals surface area contributed by atoms with E-state index in [0.717, 1.165) is 14.9 Å². The number of thiophene rings is 1. The van der Waals surface area contributed by atoms with Gasteiger partial charge in [0.25, 0.3) is 5.91 Å². The topological polar surface area (TPSA) is 49.3 Å². The van der Waals surface area contributed by atoms with Gasteiger partial charge in [0, 0.05) is 23.9 Å². The van der Waals surface area contributed by atoms with Crippen LogP contribution in [0.2, 0.25) is 0 Å². The largest absolute Gasteiger partial charge is 0.395 e. The molecule has 21 heavy (non-hydrogen) atoms. The van der Waals surface area contributed by atoms with Gasteiger partial charge in [-0.25, -0.2) is 0 Å². The summed E-state index contributed by atoms with van der Waals surface area (Å²) < 4.78 is 0.933. The number of rotatable bonds is 4. The van der Waals surface area contributed by atoms with Gasteiger partial charge in [-0.3, -0.25) is 4.79 Å². The summed E-state index contributed by atoms with van der Waals surface area (Å²) in [6.45, 7) is 0.481. The Kier molecular flexibility index (Phi) is 6.00. The lowest BCUT2D eigenvalue weighted by atomic mass is 10.1. The fourth-order valence-corrected chi connectivity index (χ4v) is 2.85.